The van der Waals surface area contributed by atoms with E-state index < -0.39 is 0 Å². The maximum absolute atomic E-state index is 12.2. The number of methoxy groups -OCH3 is 1. The molecule has 1 heterocycles. The van der Waals surface area contributed by atoms with Gasteiger partial charge in [-0.25, -0.2) is 4.98 Å². The van der Waals surface area contributed by atoms with Gasteiger partial charge in [0.25, 0.3) is 5.91 Å². The van der Waals surface area contributed by atoms with Crippen molar-refractivity contribution in [2.75, 3.05) is 19.0 Å². The van der Waals surface area contributed by atoms with E-state index in [1.54, 1.807) is 19.2 Å². The van der Waals surface area contributed by atoms with Crippen LogP contribution >= 0.6 is 11.3 Å². The van der Waals surface area contributed by atoms with Crippen molar-refractivity contribution >= 4 is 22.4 Å². The third-order valence-electron chi connectivity index (χ3n) is 3.70. The molecule has 0 saturated carbocycles. The van der Waals surface area contributed by atoms with Crippen LogP contribution in [-0.4, -0.2) is 30.7 Å². The van der Waals surface area contributed by atoms with Gasteiger partial charge in [-0.1, -0.05) is 12.1 Å². The summed E-state index contributed by atoms with van der Waals surface area (Å²) in [7, 11) is 1.56. The minimum Gasteiger partial charge on any atom is -0.493 e. The van der Waals surface area contributed by atoms with Crippen molar-refractivity contribution in [2.24, 2.45) is 0 Å². The van der Waals surface area contributed by atoms with Gasteiger partial charge >= 0.3 is 0 Å². The third-order valence-corrected chi connectivity index (χ3v) is 4.46. The molecule has 6 nitrogen and oxygen atoms in total. The first-order chi connectivity index (χ1) is 13.5. The topological polar surface area (TPSA) is 69.7 Å². The van der Waals surface area contributed by atoms with Gasteiger partial charge in [0.1, 0.15) is 5.75 Å². The lowest BCUT2D eigenvalue weighted by molar-refractivity contribution is -0.118. The largest absolute Gasteiger partial charge is 0.493 e. The van der Waals surface area contributed by atoms with Gasteiger partial charge in [0.15, 0.2) is 23.2 Å². The molecule has 0 saturated heterocycles. The van der Waals surface area contributed by atoms with E-state index in [1.165, 1.54) is 11.3 Å². The Kier molecular flexibility index (Phi) is 6.49. The van der Waals surface area contributed by atoms with Crippen LogP contribution in [0.4, 0.5) is 5.13 Å². The predicted molar refractivity (Wildman–Crippen MR) is 110 cm³/mol. The molecule has 0 fully saturated rings. The quantitative estimate of drug-likeness (QED) is 0.599. The Morgan fingerprint density at radius 3 is 2.50 bits per heavy atom. The molecule has 28 heavy (non-hydrogen) atoms. The van der Waals surface area contributed by atoms with Crippen LogP contribution in [0.5, 0.6) is 17.2 Å². The van der Waals surface area contributed by atoms with Crippen molar-refractivity contribution in [3.63, 3.8) is 0 Å². The number of thiazole rings is 1. The highest BCUT2D eigenvalue weighted by Gasteiger charge is 2.11. The Hall–Kier alpha value is -3.06. The second kappa shape index (κ2) is 9.23. The van der Waals surface area contributed by atoms with Gasteiger partial charge in [0.2, 0.25) is 0 Å². The van der Waals surface area contributed by atoms with Crippen molar-refractivity contribution in [1.29, 1.82) is 0 Å². The predicted octanol–water partition coefficient (Wildman–Crippen LogP) is 4.62. The van der Waals surface area contributed by atoms with Crippen molar-refractivity contribution in [3.8, 4) is 28.5 Å². The van der Waals surface area contributed by atoms with E-state index in [9.17, 15) is 4.79 Å². The zero-order valence-corrected chi connectivity index (χ0v) is 16.8. The van der Waals surface area contributed by atoms with Gasteiger partial charge in [-0.15, -0.1) is 11.3 Å². The number of amides is 1. The molecule has 146 valence electrons. The Balaban J connectivity index is 1.57. The molecule has 1 amide bonds. The fraction of sp³-hybridized carbons (Fsp3) is 0.238. The van der Waals surface area contributed by atoms with Crippen LogP contribution in [0.25, 0.3) is 11.3 Å². The van der Waals surface area contributed by atoms with Crippen molar-refractivity contribution < 1.29 is 19.0 Å². The molecular weight excluding hydrogens is 376 g/mol. The molecule has 2 aromatic carbocycles. The Morgan fingerprint density at radius 2 is 1.82 bits per heavy atom. The second-order valence-electron chi connectivity index (χ2n) is 6.22. The smallest absolute Gasteiger partial charge is 0.264 e. The molecule has 0 aliphatic rings. The Morgan fingerprint density at radius 1 is 1.11 bits per heavy atom. The van der Waals surface area contributed by atoms with Crippen LogP contribution in [0.2, 0.25) is 0 Å². The highest BCUT2D eigenvalue weighted by molar-refractivity contribution is 7.14. The monoisotopic (exact) mass is 398 g/mol. The van der Waals surface area contributed by atoms with Crippen molar-refractivity contribution in [2.45, 2.75) is 20.0 Å². The molecule has 0 aliphatic heterocycles. The number of carbonyl (C=O) groups excluding carboxylic acids is 1. The molecule has 0 atom stereocenters. The number of ether oxygens (including phenoxy) is 3. The van der Waals surface area contributed by atoms with E-state index in [-0.39, 0.29) is 18.6 Å². The number of carbonyl (C=O) groups is 1. The van der Waals surface area contributed by atoms with E-state index in [0.717, 1.165) is 17.0 Å². The number of hydrogen-bond acceptors (Lipinski definition) is 6. The van der Waals surface area contributed by atoms with Gasteiger partial charge in [-0.05, 0) is 50.2 Å². The summed E-state index contributed by atoms with van der Waals surface area (Å²) in [5, 5.41) is 5.17. The van der Waals surface area contributed by atoms with Gasteiger partial charge in [0.05, 0.1) is 18.9 Å². The van der Waals surface area contributed by atoms with Crippen LogP contribution < -0.4 is 19.5 Å². The average molecular weight is 398 g/mol. The lowest BCUT2D eigenvalue weighted by Gasteiger charge is -2.09. The summed E-state index contributed by atoms with van der Waals surface area (Å²) >= 11 is 1.36. The highest BCUT2D eigenvalue weighted by Crippen LogP contribution is 2.28. The minimum absolute atomic E-state index is 0.128. The van der Waals surface area contributed by atoms with Crippen molar-refractivity contribution in [3.05, 3.63) is 53.9 Å². The Labute approximate surface area is 168 Å². The van der Waals surface area contributed by atoms with Crippen molar-refractivity contribution in [1.82, 2.24) is 4.98 Å². The van der Waals surface area contributed by atoms with Gasteiger partial charge in [-0.3, -0.25) is 10.1 Å². The molecule has 0 radical (unpaired) electrons. The SMILES string of the molecule is COc1ccccc1OCC(=O)Nc1nc(-c2ccc(OC(C)C)cc2)cs1. The molecule has 7 heteroatoms. The fourth-order valence-electron chi connectivity index (χ4n) is 2.48. The zero-order valence-electron chi connectivity index (χ0n) is 16.0. The maximum atomic E-state index is 12.2. The molecule has 1 aromatic heterocycles. The lowest BCUT2D eigenvalue weighted by Crippen LogP contribution is -2.20. The first-order valence-corrected chi connectivity index (χ1v) is 9.71. The first kappa shape index (κ1) is 19.7. The van der Waals surface area contributed by atoms with Crippen LogP contribution in [0.15, 0.2) is 53.9 Å². The third kappa shape index (κ3) is 5.23. The number of aromatic nitrogens is 1. The standard InChI is InChI=1S/C21H22N2O4S/c1-14(2)27-16-10-8-15(9-11-16)17-13-28-21(22-17)23-20(24)12-26-19-7-5-4-6-18(19)25-3/h4-11,13-14H,12H2,1-3H3,(H,22,23,24). The summed E-state index contributed by atoms with van der Waals surface area (Å²) in [6.07, 6.45) is 0.130. The molecule has 3 rings (SSSR count). The first-order valence-electron chi connectivity index (χ1n) is 8.83. The number of rotatable bonds is 8. The van der Waals surface area contributed by atoms with Crippen LogP contribution in [0, 0.1) is 0 Å². The summed E-state index contributed by atoms with van der Waals surface area (Å²) < 4.78 is 16.4. The number of benzene rings is 2. The van der Waals surface area contributed by atoms with Crippen LogP contribution in [-0.2, 0) is 4.79 Å². The summed E-state index contributed by atoms with van der Waals surface area (Å²) in [5.41, 5.74) is 1.75. The number of anilines is 1. The molecule has 0 unspecified atom stereocenters. The molecule has 0 spiro atoms. The normalized spacial score (nSPS) is 10.6. The van der Waals surface area contributed by atoms with E-state index in [4.69, 9.17) is 14.2 Å². The van der Waals surface area contributed by atoms with Gasteiger partial charge in [-0.2, -0.15) is 0 Å². The van der Waals surface area contributed by atoms with E-state index in [0.29, 0.717) is 16.6 Å². The van der Waals surface area contributed by atoms with E-state index >= 15 is 0 Å². The van der Waals surface area contributed by atoms with Gasteiger partial charge in [0, 0.05) is 10.9 Å². The minimum atomic E-state index is -0.285. The van der Waals surface area contributed by atoms with E-state index in [1.807, 2.05) is 55.6 Å². The molecular formula is C21H22N2O4S. The summed E-state index contributed by atoms with van der Waals surface area (Å²) in [5.74, 6) is 1.63. The second-order valence-corrected chi connectivity index (χ2v) is 7.07. The highest BCUT2D eigenvalue weighted by atomic mass is 32.1. The molecule has 0 aliphatic carbocycles. The van der Waals surface area contributed by atoms with E-state index in [2.05, 4.69) is 10.3 Å². The number of para-hydroxylation sites is 2. The van der Waals surface area contributed by atoms with Crippen LogP contribution in [0.3, 0.4) is 0 Å². The molecule has 1 N–H and O–H groups in total. The maximum Gasteiger partial charge on any atom is 0.264 e. The average Bonchev–Trinajstić information content (AvgIpc) is 3.15. The van der Waals surface area contributed by atoms with Crippen LogP contribution in [0.1, 0.15) is 13.8 Å². The fourth-order valence-corrected chi connectivity index (χ4v) is 3.21. The summed E-state index contributed by atoms with van der Waals surface area (Å²) in [6, 6.07) is 14.9. The summed E-state index contributed by atoms with van der Waals surface area (Å²) in [6.45, 7) is 3.85. The van der Waals surface area contributed by atoms with Gasteiger partial charge < -0.3 is 14.2 Å². The number of hydrogen-bond donors (Lipinski definition) is 1. The lowest BCUT2D eigenvalue weighted by atomic mass is 10.2. The molecule has 0 bridgehead atoms. The molecule has 3 aromatic rings. The summed E-state index contributed by atoms with van der Waals surface area (Å²) in [4.78, 5) is 16.6. The number of nitrogens with zero attached hydrogens (tertiary/aromatic N) is 1. The Bertz CT molecular complexity index is 922. The zero-order chi connectivity index (χ0) is 19.9. The number of nitrogens with one attached hydrogen (secondary N) is 1.